The Morgan fingerprint density at radius 3 is 2.00 bits per heavy atom. The number of nitrogens with zero attached hydrogens (tertiary/aromatic N) is 6. The lowest BCUT2D eigenvalue weighted by Gasteiger charge is -2.04. The van der Waals surface area contributed by atoms with Crippen LogP contribution < -0.4 is 4.74 Å². The summed E-state index contributed by atoms with van der Waals surface area (Å²) in [6.45, 7) is 1.79. The Balaban J connectivity index is 0.000000219. The van der Waals surface area contributed by atoms with Crippen LogP contribution >= 0.6 is 47.8 Å². The highest BCUT2D eigenvalue weighted by Gasteiger charge is 2.08. The Kier molecular flexibility index (Phi) is 6.47. The second kappa shape index (κ2) is 8.17. The summed E-state index contributed by atoms with van der Waals surface area (Å²) in [4.78, 5) is 7.88. The Morgan fingerprint density at radius 2 is 1.58 bits per heavy atom. The topological polar surface area (TPSA) is 70.7 Å². The highest BCUT2D eigenvalue weighted by molar-refractivity contribution is 9.11. The van der Waals surface area contributed by atoms with E-state index in [9.17, 15) is 4.39 Å². The van der Waals surface area contributed by atoms with Crippen LogP contribution in [0.25, 0.3) is 0 Å². The van der Waals surface area contributed by atoms with E-state index in [4.69, 9.17) is 4.74 Å². The number of halogens is 4. The van der Waals surface area contributed by atoms with Gasteiger partial charge in [0.1, 0.15) is 11.6 Å². The van der Waals surface area contributed by atoms with Gasteiger partial charge in [-0.25, -0.2) is 13.8 Å². The minimum atomic E-state index is -0.337. The zero-order valence-corrected chi connectivity index (χ0v) is 17.6. The Labute approximate surface area is 162 Å². The van der Waals surface area contributed by atoms with E-state index in [2.05, 4.69) is 68.0 Å². The normalized spacial score (nSPS) is 10.3. The van der Waals surface area contributed by atoms with Gasteiger partial charge in [0.2, 0.25) is 9.47 Å². The molecule has 0 amide bonds. The summed E-state index contributed by atoms with van der Waals surface area (Å²) in [5.41, 5.74) is 0.788. The van der Waals surface area contributed by atoms with Crippen LogP contribution in [0.3, 0.4) is 0 Å². The van der Waals surface area contributed by atoms with Crippen molar-refractivity contribution in [1.82, 2.24) is 29.5 Å². The third kappa shape index (κ3) is 5.35. The number of ether oxygens (including phenoxy) is 1. The minimum absolute atomic E-state index is 0.303. The molecule has 0 bridgehead atoms. The van der Waals surface area contributed by atoms with Gasteiger partial charge in [0.05, 0.1) is 0 Å². The van der Waals surface area contributed by atoms with Crippen LogP contribution in [0.1, 0.15) is 5.56 Å². The molecule has 7 nitrogen and oxygen atoms in total. The van der Waals surface area contributed by atoms with E-state index in [0.29, 0.717) is 21.2 Å². The van der Waals surface area contributed by atoms with Gasteiger partial charge in [-0.2, -0.15) is 9.97 Å². The molecule has 0 spiro atoms. The van der Waals surface area contributed by atoms with Gasteiger partial charge >= 0.3 is 6.01 Å². The third-order valence-corrected chi connectivity index (χ3v) is 3.97. The molecule has 128 valence electrons. The number of hydrogen-bond donors (Lipinski definition) is 0. The molecule has 0 aliphatic carbocycles. The molecule has 0 fully saturated rings. The largest absolute Gasteiger partial charge is 0.424 e. The van der Waals surface area contributed by atoms with Gasteiger partial charge in [0.15, 0.2) is 4.73 Å². The summed E-state index contributed by atoms with van der Waals surface area (Å²) in [7, 11) is 3.50. The summed E-state index contributed by atoms with van der Waals surface area (Å²) in [6, 6.07) is 4.76. The van der Waals surface area contributed by atoms with Crippen molar-refractivity contribution in [3.8, 4) is 11.8 Å². The number of rotatable bonds is 2. The van der Waals surface area contributed by atoms with Crippen molar-refractivity contribution in [2.75, 3.05) is 0 Å². The highest BCUT2D eigenvalue weighted by Crippen LogP contribution is 2.22. The fourth-order valence-corrected chi connectivity index (χ4v) is 2.91. The zero-order chi connectivity index (χ0) is 17.9. The predicted octanol–water partition coefficient (Wildman–Crippen LogP) is 4.16. The lowest BCUT2D eigenvalue weighted by molar-refractivity contribution is 0.411. The summed E-state index contributed by atoms with van der Waals surface area (Å²) >= 11 is 9.41. The van der Waals surface area contributed by atoms with Crippen LogP contribution in [-0.2, 0) is 14.1 Å². The summed E-state index contributed by atoms with van der Waals surface area (Å²) < 4.78 is 23.4. The molecule has 24 heavy (non-hydrogen) atoms. The van der Waals surface area contributed by atoms with E-state index in [1.165, 1.54) is 16.8 Å². The van der Waals surface area contributed by atoms with Crippen LogP contribution in [-0.4, -0.2) is 29.5 Å². The monoisotopic (exact) mass is 524 g/mol. The van der Waals surface area contributed by atoms with Crippen molar-refractivity contribution in [3.63, 3.8) is 0 Å². The van der Waals surface area contributed by atoms with Gasteiger partial charge in [-0.05, 0) is 72.4 Å². The fourth-order valence-electron chi connectivity index (χ4n) is 1.63. The quantitative estimate of drug-likeness (QED) is 0.501. The zero-order valence-electron chi connectivity index (χ0n) is 12.8. The first-order valence-corrected chi connectivity index (χ1v) is 8.86. The fraction of sp³-hybridized carbons (Fsp3) is 0.231. The van der Waals surface area contributed by atoms with Crippen molar-refractivity contribution in [2.45, 2.75) is 6.92 Å². The standard InChI is InChI=1S/C10H9BrFN3O.C3H3Br2N3/c1-6-3-7(12)5-8(4-6)16-10-13-9(11)14-15(10)2;1-8-3(5)6-2(4)7-8/h3-5H,1-2H3;1H3. The molecule has 0 aliphatic rings. The molecular formula is C13H12Br3FN6O. The molecule has 3 aromatic rings. The van der Waals surface area contributed by atoms with Crippen molar-refractivity contribution >= 4 is 47.8 Å². The lowest BCUT2D eigenvalue weighted by atomic mass is 10.2. The van der Waals surface area contributed by atoms with Crippen LogP contribution in [0, 0.1) is 12.7 Å². The molecule has 0 saturated heterocycles. The van der Waals surface area contributed by atoms with E-state index >= 15 is 0 Å². The van der Waals surface area contributed by atoms with Gasteiger partial charge in [0.25, 0.3) is 0 Å². The van der Waals surface area contributed by atoms with E-state index in [1.807, 2.05) is 7.05 Å². The molecule has 0 unspecified atom stereocenters. The molecule has 0 N–H and O–H groups in total. The molecule has 1 aromatic carbocycles. The molecule has 2 heterocycles. The number of aromatic nitrogens is 6. The Morgan fingerprint density at radius 1 is 0.958 bits per heavy atom. The maximum Gasteiger partial charge on any atom is 0.321 e. The van der Waals surface area contributed by atoms with Crippen LogP contribution in [0.5, 0.6) is 11.8 Å². The van der Waals surface area contributed by atoms with Crippen molar-refractivity contribution in [2.24, 2.45) is 14.1 Å². The molecule has 0 saturated carbocycles. The lowest BCUT2D eigenvalue weighted by Crippen LogP contribution is -1.96. The van der Waals surface area contributed by atoms with Gasteiger partial charge in [-0.3, -0.25) is 0 Å². The van der Waals surface area contributed by atoms with Crippen molar-refractivity contribution < 1.29 is 9.13 Å². The predicted molar refractivity (Wildman–Crippen MR) is 96.3 cm³/mol. The molecule has 2 aromatic heterocycles. The van der Waals surface area contributed by atoms with Gasteiger partial charge < -0.3 is 4.74 Å². The molecule has 3 rings (SSSR count). The van der Waals surface area contributed by atoms with Crippen LogP contribution in [0.2, 0.25) is 0 Å². The number of hydrogen-bond acceptors (Lipinski definition) is 5. The molecule has 0 atom stereocenters. The van der Waals surface area contributed by atoms with E-state index in [-0.39, 0.29) is 5.82 Å². The second-order valence-corrected chi connectivity index (χ2v) is 6.75. The van der Waals surface area contributed by atoms with E-state index in [1.54, 1.807) is 24.7 Å². The maximum absolute atomic E-state index is 13.1. The summed E-state index contributed by atoms with van der Waals surface area (Å²) in [5, 5.41) is 7.84. The van der Waals surface area contributed by atoms with Gasteiger partial charge in [0, 0.05) is 20.2 Å². The number of benzene rings is 1. The third-order valence-electron chi connectivity index (χ3n) is 2.61. The number of aryl methyl sites for hydroxylation is 3. The SMILES string of the molecule is Cc1cc(F)cc(Oc2nc(Br)nn2C)c1.Cn1nc(Br)nc1Br. The van der Waals surface area contributed by atoms with Crippen LogP contribution in [0.15, 0.2) is 32.4 Å². The summed E-state index contributed by atoms with van der Waals surface area (Å²) in [5.74, 6) is 0.0664. The average Bonchev–Trinajstić information content (AvgIpc) is 2.90. The molecule has 0 radical (unpaired) electrons. The van der Waals surface area contributed by atoms with Crippen molar-refractivity contribution in [3.05, 3.63) is 43.8 Å². The second-order valence-electron chi connectivity index (χ2n) is 4.63. The average molecular weight is 527 g/mol. The molecule has 0 aliphatic heterocycles. The first-order valence-electron chi connectivity index (χ1n) is 6.48. The summed E-state index contributed by atoms with van der Waals surface area (Å²) in [6.07, 6.45) is 0. The first kappa shape index (κ1) is 19.0. The molecule has 11 heteroatoms. The smallest absolute Gasteiger partial charge is 0.321 e. The Bertz CT molecular complexity index is 811. The molecular weight excluding hydrogens is 515 g/mol. The van der Waals surface area contributed by atoms with E-state index < -0.39 is 0 Å². The Hall–Kier alpha value is -1.33. The maximum atomic E-state index is 13.1. The van der Waals surface area contributed by atoms with E-state index in [0.717, 1.165) is 10.3 Å². The van der Waals surface area contributed by atoms with Crippen LogP contribution in [0.4, 0.5) is 4.39 Å². The van der Waals surface area contributed by atoms with Gasteiger partial charge in [-0.15, -0.1) is 10.2 Å². The van der Waals surface area contributed by atoms with Crippen molar-refractivity contribution in [1.29, 1.82) is 0 Å². The minimum Gasteiger partial charge on any atom is -0.424 e. The first-order chi connectivity index (χ1) is 11.2. The van der Waals surface area contributed by atoms with Gasteiger partial charge in [-0.1, -0.05) is 0 Å². The highest BCUT2D eigenvalue weighted by atomic mass is 79.9.